The summed E-state index contributed by atoms with van der Waals surface area (Å²) in [5, 5.41) is 3.24. The first-order valence-corrected chi connectivity index (χ1v) is 12.3. The summed E-state index contributed by atoms with van der Waals surface area (Å²) in [7, 11) is 3.99. The Morgan fingerprint density at radius 1 is 1.06 bits per heavy atom. The van der Waals surface area contributed by atoms with Crippen molar-refractivity contribution in [2.75, 3.05) is 44.1 Å². The van der Waals surface area contributed by atoms with Gasteiger partial charge in [-0.15, -0.1) is 0 Å². The van der Waals surface area contributed by atoms with Gasteiger partial charge in [-0.1, -0.05) is 36.1 Å². The first-order valence-electron chi connectivity index (χ1n) is 11.1. The van der Waals surface area contributed by atoms with Crippen LogP contribution in [0.15, 0.2) is 53.4 Å². The number of hydrogen-bond acceptors (Lipinski definition) is 6. The van der Waals surface area contributed by atoms with E-state index in [-0.39, 0.29) is 18.5 Å². The molecule has 2 aromatic carbocycles. The van der Waals surface area contributed by atoms with Gasteiger partial charge in [-0.2, -0.15) is 0 Å². The molecule has 0 saturated carbocycles. The second kappa shape index (κ2) is 10.4. The number of likely N-dealkylation sites (tertiary alicyclic amines) is 1. The molecule has 2 aromatic rings. The number of piperidine rings is 1. The molecule has 1 N–H and O–H groups in total. The average molecular weight is 481 g/mol. The van der Waals surface area contributed by atoms with E-state index in [9.17, 15) is 9.59 Å². The van der Waals surface area contributed by atoms with Gasteiger partial charge in [-0.25, -0.2) is 0 Å². The highest BCUT2D eigenvalue weighted by atomic mass is 32.2. The van der Waals surface area contributed by atoms with Crippen molar-refractivity contribution in [1.82, 2.24) is 9.80 Å². The molecule has 4 rings (SSSR count). The predicted molar refractivity (Wildman–Crippen MR) is 140 cm³/mol. The summed E-state index contributed by atoms with van der Waals surface area (Å²) in [5.41, 5.74) is 3.59. The van der Waals surface area contributed by atoms with Gasteiger partial charge in [0.05, 0.1) is 11.6 Å². The van der Waals surface area contributed by atoms with Crippen LogP contribution in [0.2, 0.25) is 0 Å². The van der Waals surface area contributed by atoms with E-state index in [1.165, 1.54) is 18.2 Å². The van der Waals surface area contributed by atoms with Crippen LogP contribution in [0.4, 0.5) is 11.4 Å². The number of nitrogens with zero attached hydrogens (tertiary/aromatic N) is 3. The zero-order chi connectivity index (χ0) is 23.4. The van der Waals surface area contributed by atoms with E-state index in [1.807, 2.05) is 78.5 Å². The Labute approximate surface area is 204 Å². The molecular weight excluding hydrogens is 452 g/mol. The third kappa shape index (κ3) is 5.57. The molecule has 2 heterocycles. The lowest BCUT2D eigenvalue weighted by Gasteiger charge is -2.26. The first-order chi connectivity index (χ1) is 15.9. The third-order valence-electron chi connectivity index (χ3n) is 5.80. The molecule has 2 aliphatic rings. The van der Waals surface area contributed by atoms with Crippen molar-refractivity contribution in [2.45, 2.75) is 19.3 Å². The van der Waals surface area contributed by atoms with E-state index in [4.69, 9.17) is 12.2 Å². The Morgan fingerprint density at radius 3 is 2.36 bits per heavy atom. The number of nitrogens with one attached hydrogen (secondary N) is 1. The van der Waals surface area contributed by atoms with E-state index >= 15 is 0 Å². The number of anilines is 2. The monoisotopic (exact) mass is 480 g/mol. The number of thiocarbonyl (C=S) groups is 1. The number of amides is 2. The maximum Gasteiger partial charge on any atom is 0.267 e. The van der Waals surface area contributed by atoms with Crippen molar-refractivity contribution in [3.05, 3.63) is 64.6 Å². The predicted octanol–water partition coefficient (Wildman–Crippen LogP) is 4.65. The topological polar surface area (TPSA) is 55.9 Å². The quantitative estimate of drug-likeness (QED) is 0.480. The van der Waals surface area contributed by atoms with Crippen LogP contribution in [0.1, 0.15) is 35.2 Å². The summed E-state index contributed by atoms with van der Waals surface area (Å²) in [5.74, 6) is -0.0203. The van der Waals surface area contributed by atoms with Crippen molar-refractivity contribution >= 4 is 57.6 Å². The Bertz CT molecular complexity index is 1060. The number of rotatable bonds is 6. The number of benzene rings is 2. The summed E-state index contributed by atoms with van der Waals surface area (Å²) >= 11 is 6.75. The minimum Gasteiger partial charge on any atom is -0.378 e. The van der Waals surface area contributed by atoms with Gasteiger partial charge in [-0.3, -0.25) is 14.5 Å². The normalized spacial score (nSPS) is 17.6. The van der Waals surface area contributed by atoms with E-state index in [0.717, 1.165) is 42.9 Å². The molecule has 2 amide bonds. The van der Waals surface area contributed by atoms with Crippen molar-refractivity contribution in [3.8, 4) is 0 Å². The molecule has 0 aliphatic carbocycles. The van der Waals surface area contributed by atoms with Crippen molar-refractivity contribution < 1.29 is 9.59 Å². The highest BCUT2D eigenvalue weighted by Crippen LogP contribution is 2.32. The van der Waals surface area contributed by atoms with Gasteiger partial charge in [0, 0.05) is 44.1 Å². The highest BCUT2D eigenvalue weighted by Gasteiger charge is 2.31. The number of hydrogen-bond donors (Lipinski definition) is 1. The molecule has 33 heavy (non-hydrogen) atoms. The lowest BCUT2D eigenvalue weighted by Crippen LogP contribution is -2.35. The van der Waals surface area contributed by atoms with E-state index in [2.05, 4.69) is 5.32 Å². The molecule has 0 radical (unpaired) electrons. The second-order valence-corrected chi connectivity index (χ2v) is 10.0. The minimum absolute atomic E-state index is 0.0851. The zero-order valence-electron chi connectivity index (χ0n) is 18.9. The Kier molecular flexibility index (Phi) is 7.35. The lowest BCUT2D eigenvalue weighted by atomic mass is 10.1. The van der Waals surface area contributed by atoms with Crippen LogP contribution < -0.4 is 10.2 Å². The molecule has 172 valence electrons. The molecule has 2 fully saturated rings. The molecule has 0 unspecified atom stereocenters. The molecule has 2 aliphatic heterocycles. The fourth-order valence-electron chi connectivity index (χ4n) is 3.84. The van der Waals surface area contributed by atoms with Gasteiger partial charge in [0.1, 0.15) is 4.32 Å². The zero-order valence-corrected chi connectivity index (χ0v) is 20.5. The largest absolute Gasteiger partial charge is 0.378 e. The van der Waals surface area contributed by atoms with Gasteiger partial charge >= 0.3 is 0 Å². The average Bonchev–Trinajstić information content (AvgIpc) is 3.10. The van der Waals surface area contributed by atoms with Gasteiger partial charge < -0.3 is 15.1 Å². The minimum atomic E-state index is -0.105. The van der Waals surface area contributed by atoms with Gasteiger partial charge in [0.25, 0.3) is 11.8 Å². The van der Waals surface area contributed by atoms with Gasteiger partial charge in [0.15, 0.2) is 0 Å². The van der Waals surface area contributed by atoms with E-state index in [0.29, 0.717) is 14.8 Å². The summed E-state index contributed by atoms with van der Waals surface area (Å²) in [6.45, 7) is 1.95. The lowest BCUT2D eigenvalue weighted by molar-refractivity contribution is -0.121. The molecule has 0 atom stereocenters. The Morgan fingerprint density at radius 2 is 1.73 bits per heavy atom. The van der Waals surface area contributed by atoms with Crippen LogP contribution in [0.25, 0.3) is 6.08 Å². The maximum absolute atomic E-state index is 12.9. The van der Waals surface area contributed by atoms with Crippen LogP contribution in [0.3, 0.4) is 0 Å². The van der Waals surface area contributed by atoms with Crippen LogP contribution in [-0.2, 0) is 4.79 Å². The molecule has 8 heteroatoms. The standard InChI is InChI=1S/C25H28N4O2S2/c1-27(2)21-12-6-18(7-13-21)16-22-24(31)29(25(32)33-22)17-26-20-10-8-19(9-11-20)23(30)28-14-4-3-5-15-28/h6-13,16,26H,3-5,14-15,17H2,1-2H3/b22-16+. The third-order valence-corrected chi connectivity index (χ3v) is 7.18. The maximum atomic E-state index is 12.9. The molecule has 6 nitrogen and oxygen atoms in total. The molecule has 0 spiro atoms. The van der Waals surface area contributed by atoms with Crippen LogP contribution in [0, 0.1) is 0 Å². The van der Waals surface area contributed by atoms with Crippen molar-refractivity contribution in [1.29, 1.82) is 0 Å². The smallest absolute Gasteiger partial charge is 0.267 e. The highest BCUT2D eigenvalue weighted by molar-refractivity contribution is 8.26. The summed E-state index contributed by atoms with van der Waals surface area (Å²) in [6, 6.07) is 15.4. The van der Waals surface area contributed by atoms with E-state index < -0.39 is 0 Å². The van der Waals surface area contributed by atoms with Crippen LogP contribution >= 0.6 is 24.0 Å². The number of thioether (sulfide) groups is 1. The summed E-state index contributed by atoms with van der Waals surface area (Å²) < 4.78 is 0.528. The molecule has 2 saturated heterocycles. The van der Waals surface area contributed by atoms with E-state index in [1.54, 1.807) is 4.90 Å². The molecular formula is C25H28N4O2S2. The second-order valence-electron chi connectivity index (χ2n) is 8.36. The molecule has 0 aromatic heterocycles. The van der Waals surface area contributed by atoms with Gasteiger partial charge in [-0.05, 0) is 67.3 Å². The first kappa shape index (κ1) is 23.3. The van der Waals surface area contributed by atoms with Gasteiger partial charge in [0.2, 0.25) is 0 Å². The van der Waals surface area contributed by atoms with Crippen molar-refractivity contribution in [3.63, 3.8) is 0 Å². The Hall–Kier alpha value is -2.84. The van der Waals surface area contributed by atoms with Crippen LogP contribution in [0.5, 0.6) is 0 Å². The fraction of sp³-hybridized carbons (Fsp3) is 0.320. The molecule has 0 bridgehead atoms. The SMILES string of the molecule is CN(C)c1ccc(/C=C2/SC(=S)N(CNc3ccc(C(=O)N4CCCCC4)cc3)C2=O)cc1. The Balaban J connectivity index is 1.35. The van der Waals surface area contributed by atoms with Crippen LogP contribution in [-0.4, -0.2) is 59.8 Å². The summed E-state index contributed by atoms with van der Waals surface area (Å²) in [6.07, 6.45) is 5.22. The fourth-order valence-corrected chi connectivity index (χ4v) is 5.09. The number of carbonyl (C=O) groups excluding carboxylic acids is 2. The number of carbonyl (C=O) groups is 2. The summed E-state index contributed by atoms with van der Waals surface area (Å²) in [4.78, 5) is 31.6. The van der Waals surface area contributed by atoms with Crippen molar-refractivity contribution in [2.24, 2.45) is 0 Å².